The SMILES string of the molecule is CCCCN1CCC(c2noc3cc(C(N)=O)ccc23)CC1. The van der Waals surface area contributed by atoms with Crippen LogP contribution in [0.25, 0.3) is 11.0 Å². The number of hydrogen-bond acceptors (Lipinski definition) is 4. The number of amides is 1. The summed E-state index contributed by atoms with van der Waals surface area (Å²) in [5.74, 6) is 0.00244. The van der Waals surface area contributed by atoms with Crippen molar-refractivity contribution in [2.45, 2.75) is 38.5 Å². The van der Waals surface area contributed by atoms with Crippen molar-refractivity contribution in [3.05, 3.63) is 29.5 Å². The van der Waals surface area contributed by atoms with E-state index in [0.717, 1.165) is 37.0 Å². The molecule has 1 saturated heterocycles. The number of primary amides is 1. The third kappa shape index (κ3) is 2.99. The lowest BCUT2D eigenvalue weighted by Crippen LogP contribution is -2.33. The van der Waals surface area contributed by atoms with Gasteiger partial charge in [-0.25, -0.2) is 0 Å². The summed E-state index contributed by atoms with van der Waals surface area (Å²) in [6.07, 6.45) is 4.75. The Balaban J connectivity index is 1.73. The second-order valence-corrected chi connectivity index (χ2v) is 6.11. The average Bonchev–Trinajstić information content (AvgIpc) is 2.96. The fourth-order valence-electron chi connectivity index (χ4n) is 3.22. The molecule has 0 unspecified atom stereocenters. The molecular weight excluding hydrogens is 278 g/mol. The van der Waals surface area contributed by atoms with Crippen LogP contribution in [-0.4, -0.2) is 35.6 Å². The van der Waals surface area contributed by atoms with Gasteiger partial charge in [-0.2, -0.15) is 0 Å². The highest BCUT2D eigenvalue weighted by atomic mass is 16.5. The maximum atomic E-state index is 11.2. The topological polar surface area (TPSA) is 72.4 Å². The van der Waals surface area contributed by atoms with Crippen LogP contribution in [0.15, 0.2) is 22.7 Å². The summed E-state index contributed by atoms with van der Waals surface area (Å²) in [4.78, 5) is 13.8. The summed E-state index contributed by atoms with van der Waals surface area (Å²) in [6.45, 7) is 5.68. The Kier molecular flexibility index (Phi) is 4.43. The first kappa shape index (κ1) is 15.0. The predicted molar refractivity (Wildman–Crippen MR) is 85.8 cm³/mol. The molecule has 0 aliphatic carbocycles. The van der Waals surface area contributed by atoms with Crippen molar-refractivity contribution < 1.29 is 9.32 Å². The summed E-state index contributed by atoms with van der Waals surface area (Å²) in [6, 6.07) is 5.34. The molecule has 118 valence electrons. The van der Waals surface area contributed by atoms with E-state index in [1.807, 2.05) is 6.07 Å². The van der Waals surface area contributed by atoms with E-state index in [0.29, 0.717) is 17.1 Å². The van der Waals surface area contributed by atoms with Gasteiger partial charge in [-0.3, -0.25) is 4.79 Å². The second kappa shape index (κ2) is 6.48. The quantitative estimate of drug-likeness (QED) is 0.921. The van der Waals surface area contributed by atoms with Crippen molar-refractivity contribution in [1.29, 1.82) is 0 Å². The third-order valence-corrected chi connectivity index (χ3v) is 4.59. The molecule has 1 fully saturated rings. The molecule has 1 amide bonds. The smallest absolute Gasteiger partial charge is 0.248 e. The van der Waals surface area contributed by atoms with Crippen molar-refractivity contribution in [2.24, 2.45) is 5.73 Å². The number of hydrogen-bond donors (Lipinski definition) is 1. The van der Waals surface area contributed by atoms with Crippen LogP contribution in [0.3, 0.4) is 0 Å². The Morgan fingerprint density at radius 2 is 2.18 bits per heavy atom. The first-order valence-corrected chi connectivity index (χ1v) is 8.10. The summed E-state index contributed by atoms with van der Waals surface area (Å²) in [5, 5.41) is 5.27. The van der Waals surface area contributed by atoms with Crippen LogP contribution >= 0.6 is 0 Å². The Hall–Kier alpha value is -1.88. The molecular formula is C17H23N3O2. The number of piperidine rings is 1. The van der Waals surface area contributed by atoms with Gasteiger partial charge in [0.2, 0.25) is 5.91 Å². The van der Waals surface area contributed by atoms with E-state index in [4.69, 9.17) is 10.3 Å². The van der Waals surface area contributed by atoms with Crippen molar-refractivity contribution in [2.75, 3.05) is 19.6 Å². The van der Waals surface area contributed by atoms with Crippen molar-refractivity contribution >= 4 is 16.9 Å². The standard InChI is InChI=1S/C17H23N3O2/c1-2-3-8-20-9-6-12(7-10-20)16-14-5-4-13(17(18)21)11-15(14)22-19-16/h4-5,11-12H,2-3,6-10H2,1H3,(H2,18,21). The first-order chi connectivity index (χ1) is 10.7. The maximum absolute atomic E-state index is 11.2. The molecule has 1 aromatic carbocycles. The van der Waals surface area contributed by atoms with Gasteiger partial charge in [-0.05, 0) is 57.1 Å². The van der Waals surface area contributed by atoms with Crippen LogP contribution in [0.2, 0.25) is 0 Å². The fraction of sp³-hybridized carbons (Fsp3) is 0.529. The highest BCUT2D eigenvalue weighted by molar-refractivity contribution is 5.96. The Morgan fingerprint density at radius 3 is 2.86 bits per heavy atom. The Labute approximate surface area is 130 Å². The van der Waals surface area contributed by atoms with Crippen LogP contribution < -0.4 is 5.73 Å². The number of aromatic nitrogens is 1. The van der Waals surface area contributed by atoms with E-state index in [9.17, 15) is 4.79 Å². The molecule has 0 saturated carbocycles. The van der Waals surface area contributed by atoms with Gasteiger partial charge in [-0.15, -0.1) is 0 Å². The normalized spacial score (nSPS) is 17.1. The molecule has 5 heteroatoms. The highest BCUT2D eigenvalue weighted by Crippen LogP contribution is 2.32. The van der Waals surface area contributed by atoms with Gasteiger partial charge in [0.1, 0.15) is 0 Å². The van der Waals surface area contributed by atoms with Gasteiger partial charge in [0.25, 0.3) is 0 Å². The zero-order valence-corrected chi connectivity index (χ0v) is 13.0. The van der Waals surface area contributed by atoms with Gasteiger partial charge in [-0.1, -0.05) is 18.5 Å². The highest BCUT2D eigenvalue weighted by Gasteiger charge is 2.24. The molecule has 1 aromatic heterocycles. The van der Waals surface area contributed by atoms with E-state index in [1.165, 1.54) is 19.4 Å². The van der Waals surface area contributed by atoms with Gasteiger partial charge in [0, 0.05) is 16.9 Å². The lowest BCUT2D eigenvalue weighted by Gasteiger charge is -2.31. The predicted octanol–water partition coefficient (Wildman–Crippen LogP) is 2.91. The number of carbonyl (C=O) groups excluding carboxylic acids is 1. The van der Waals surface area contributed by atoms with Crippen molar-refractivity contribution in [1.82, 2.24) is 10.1 Å². The number of carbonyl (C=O) groups is 1. The van der Waals surface area contributed by atoms with Crippen molar-refractivity contribution in [3.8, 4) is 0 Å². The van der Waals surface area contributed by atoms with Crippen LogP contribution in [-0.2, 0) is 0 Å². The summed E-state index contributed by atoms with van der Waals surface area (Å²) in [5.41, 5.74) is 7.45. The van der Waals surface area contributed by atoms with E-state index >= 15 is 0 Å². The van der Waals surface area contributed by atoms with Gasteiger partial charge >= 0.3 is 0 Å². The molecule has 22 heavy (non-hydrogen) atoms. The fourth-order valence-corrected chi connectivity index (χ4v) is 3.22. The Bertz CT molecular complexity index is 657. The second-order valence-electron chi connectivity index (χ2n) is 6.11. The zero-order chi connectivity index (χ0) is 15.5. The van der Waals surface area contributed by atoms with Gasteiger partial charge in [0.15, 0.2) is 5.58 Å². The molecule has 3 rings (SSSR count). The molecule has 5 nitrogen and oxygen atoms in total. The summed E-state index contributed by atoms with van der Waals surface area (Å²) in [7, 11) is 0. The minimum atomic E-state index is -0.441. The molecule has 0 spiro atoms. The number of benzene rings is 1. The minimum absolute atomic E-state index is 0.441. The Morgan fingerprint density at radius 1 is 1.41 bits per heavy atom. The van der Waals surface area contributed by atoms with Crippen molar-refractivity contribution in [3.63, 3.8) is 0 Å². The number of unbranched alkanes of at least 4 members (excludes halogenated alkanes) is 1. The minimum Gasteiger partial charge on any atom is -0.366 e. The van der Waals surface area contributed by atoms with Crippen LogP contribution in [0, 0.1) is 0 Å². The lowest BCUT2D eigenvalue weighted by atomic mass is 9.91. The summed E-state index contributed by atoms with van der Waals surface area (Å²) < 4.78 is 5.41. The van der Waals surface area contributed by atoms with Crippen LogP contribution in [0.4, 0.5) is 0 Å². The molecule has 0 radical (unpaired) electrons. The van der Waals surface area contributed by atoms with E-state index in [-0.39, 0.29) is 0 Å². The molecule has 0 atom stereocenters. The average molecular weight is 301 g/mol. The lowest BCUT2D eigenvalue weighted by molar-refractivity contribution is 0.100. The molecule has 2 heterocycles. The van der Waals surface area contributed by atoms with Crippen LogP contribution in [0.5, 0.6) is 0 Å². The van der Waals surface area contributed by atoms with E-state index < -0.39 is 5.91 Å². The molecule has 1 aliphatic heterocycles. The third-order valence-electron chi connectivity index (χ3n) is 4.59. The number of nitrogens with two attached hydrogens (primary N) is 1. The number of nitrogens with zero attached hydrogens (tertiary/aromatic N) is 2. The molecule has 0 bridgehead atoms. The van der Waals surface area contributed by atoms with E-state index in [1.54, 1.807) is 12.1 Å². The monoisotopic (exact) mass is 301 g/mol. The largest absolute Gasteiger partial charge is 0.366 e. The summed E-state index contributed by atoms with van der Waals surface area (Å²) >= 11 is 0. The number of rotatable bonds is 5. The molecule has 2 aromatic rings. The first-order valence-electron chi connectivity index (χ1n) is 8.10. The van der Waals surface area contributed by atoms with Gasteiger partial charge < -0.3 is 15.2 Å². The molecule has 1 aliphatic rings. The molecule has 2 N–H and O–H groups in total. The number of likely N-dealkylation sites (tertiary alicyclic amines) is 1. The number of fused-ring (bicyclic) bond motifs is 1. The van der Waals surface area contributed by atoms with Crippen LogP contribution in [0.1, 0.15) is 54.6 Å². The maximum Gasteiger partial charge on any atom is 0.248 e. The van der Waals surface area contributed by atoms with Gasteiger partial charge in [0.05, 0.1) is 5.69 Å². The zero-order valence-electron chi connectivity index (χ0n) is 13.0. The van der Waals surface area contributed by atoms with E-state index in [2.05, 4.69) is 17.0 Å².